The Balaban J connectivity index is 1.77. The molecule has 7 atom stereocenters. The zero-order valence-corrected chi connectivity index (χ0v) is 16.3. The van der Waals surface area contributed by atoms with Gasteiger partial charge in [-0.05, 0) is 67.1 Å². The molecule has 1 aliphatic heterocycles. The van der Waals surface area contributed by atoms with E-state index in [2.05, 4.69) is 34.6 Å². The maximum absolute atomic E-state index is 12.8. The first-order chi connectivity index (χ1) is 11.1. The van der Waals surface area contributed by atoms with Gasteiger partial charge in [-0.25, -0.2) is 0 Å². The van der Waals surface area contributed by atoms with Crippen LogP contribution in [0.25, 0.3) is 0 Å². The molecular formula is C21H34O3. The maximum Gasteiger partial charge on any atom is 0.312 e. The first-order valence-electron chi connectivity index (χ1n) is 9.85. The first-order valence-corrected chi connectivity index (χ1v) is 9.85. The summed E-state index contributed by atoms with van der Waals surface area (Å²) < 4.78 is 11.4. The molecule has 0 aromatic heterocycles. The van der Waals surface area contributed by atoms with Gasteiger partial charge in [-0.1, -0.05) is 34.1 Å². The molecule has 3 aliphatic carbocycles. The Morgan fingerprint density at radius 2 is 1.71 bits per heavy atom. The Bertz CT molecular complexity index is 569. The summed E-state index contributed by atoms with van der Waals surface area (Å²) in [6.45, 7) is 12.0. The van der Waals surface area contributed by atoms with Crippen molar-refractivity contribution in [3.8, 4) is 0 Å². The summed E-state index contributed by atoms with van der Waals surface area (Å²) in [4.78, 5) is 12.8. The molecule has 3 saturated carbocycles. The fourth-order valence-corrected chi connectivity index (χ4v) is 7.87. The average molecular weight is 335 g/mol. The number of fused-ring (bicyclic) bond motifs is 4. The van der Waals surface area contributed by atoms with Gasteiger partial charge in [0.2, 0.25) is 0 Å². The fraction of sp³-hybridized carbons (Fsp3) is 0.952. The van der Waals surface area contributed by atoms with Crippen molar-refractivity contribution >= 4 is 5.97 Å². The molecule has 4 aliphatic rings. The summed E-state index contributed by atoms with van der Waals surface area (Å²) in [5, 5.41) is 0. The second-order valence-electron chi connectivity index (χ2n) is 10.5. The molecule has 0 aromatic carbocycles. The van der Waals surface area contributed by atoms with Crippen LogP contribution in [-0.2, 0) is 14.3 Å². The van der Waals surface area contributed by atoms with Crippen LogP contribution in [0, 0.1) is 34.0 Å². The Labute approximate surface area is 146 Å². The Kier molecular flexibility index (Phi) is 3.36. The molecule has 1 saturated heterocycles. The van der Waals surface area contributed by atoms with Gasteiger partial charge in [0, 0.05) is 0 Å². The van der Waals surface area contributed by atoms with E-state index in [1.54, 1.807) is 0 Å². The van der Waals surface area contributed by atoms with Crippen molar-refractivity contribution in [1.29, 1.82) is 0 Å². The van der Waals surface area contributed by atoms with Gasteiger partial charge in [0.15, 0.2) is 0 Å². The van der Waals surface area contributed by atoms with Crippen molar-refractivity contribution in [2.75, 3.05) is 7.11 Å². The van der Waals surface area contributed by atoms with Gasteiger partial charge in [0.05, 0.1) is 19.1 Å². The van der Waals surface area contributed by atoms with E-state index < -0.39 is 0 Å². The number of hydrogen-bond acceptors (Lipinski definition) is 3. The minimum absolute atomic E-state index is 0.00745. The molecule has 3 nitrogen and oxygen atoms in total. The molecule has 0 aromatic rings. The molecule has 0 N–H and O–H groups in total. The summed E-state index contributed by atoms with van der Waals surface area (Å²) in [6.07, 6.45) is 7.72. The van der Waals surface area contributed by atoms with Crippen LogP contribution in [0.4, 0.5) is 0 Å². The average Bonchev–Trinajstić information content (AvgIpc) is 3.14. The summed E-state index contributed by atoms with van der Waals surface area (Å²) in [7, 11) is 1.53. The SMILES string of the molecule is COC(=O)[C@H]1[C@]2(C)CC[C@H]3C(C)(C)CCC[C@]3(C)[C@H]2C[C@@H]2O[C@@]21C. The van der Waals surface area contributed by atoms with Gasteiger partial charge in [-0.15, -0.1) is 0 Å². The van der Waals surface area contributed by atoms with Crippen LogP contribution < -0.4 is 0 Å². The molecule has 3 heteroatoms. The second-order valence-corrected chi connectivity index (χ2v) is 10.5. The Morgan fingerprint density at radius 1 is 1.00 bits per heavy atom. The lowest BCUT2D eigenvalue weighted by atomic mass is 9.39. The van der Waals surface area contributed by atoms with Crippen molar-refractivity contribution in [3.63, 3.8) is 0 Å². The molecule has 4 rings (SSSR count). The molecule has 4 fully saturated rings. The molecular weight excluding hydrogens is 300 g/mol. The monoisotopic (exact) mass is 334 g/mol. The smallest absolute Gasteiger partial charge is 0.312 e. The van der Waals surface area contributed by atoms with E-state index in [0.29, 0.717) is 16.7 Å². The van der Waals surface area contributed by atoms with Crippen LogP contribution >= 0.6 is 0 Å². The van der Waals surface area contributed by atoms with Crippen molar-refractivity contribution < 1.29 is 14.3 Å². The number of esters is 1. The fourth-order valence-electron chi connectivity index (χ4n) is 7.87. The van der Waals surface area contributed by atoms with Crippen molar-refractivity contribution in [2.24, 2.45) is 34.0 Å². The maximum atomic E-state index is 12.8. The highest BCUT2D eigenvalue weighted by Crippen LogP contribution is 2.72. The van der Waals surface area contributed by atoms with Gasteiger partial charge in [0.25, 0.3) is 0 Å². The predicted octanol–water partition coefficient (Wildman–Crippen LogP) is 4.59. The number of carbonyl (C=O) groups is 1. The standard InChI is InChI=1S/C21H34O3/c1-18(2)9-7-10-19(3)13(18)8-11-20(4)14(19)12-15-21(5,24-15)16(20)17(22)23-6/h13-16H,7-12H2,1-6H3/t13-,14+,15-,16-,19-,20+,21-/m0/s1. The van der Waals surface area contributed by atoms with Crippen molar-refractivity contribution in [1.82, 2.24) is 0 Å². The predicted molar refractivity (Wildman–Crippen MR) is 93.5 cm³/mol. The van der Waals surface area contributed by atoms with Crippen LogP contribution in [0.15, 0.2) is 0 Å². The van der Waals surface area contributed by atoms with E-state index in [0.717, 1.165) is 18.8 Å². The Hall–Kier alpha value is -0.570. The molecule has 0 radical (unpaired) electrons. The second kappa shape index (κ2) is 4.78. The number of hydrogen-bond donors (Lipinski definition) is 0. The lowest BCUT2D eigenvalue weighted by Gasteiger charge is -2.65. The lowest BCUT2D eigenvalue weighted by Crippen LogP contribution is -2.62. The van der Waals surface area contributed by atoms with Crippen molar-refractivity contribution in [3.05, 3.63) is 0 Å². The number of epoxide rings is 1. The highest BCUT2D eigenvalue weighted by Gasteiger charge is 2.74. The van der Waals surface area contributed by atoms with E-state index >= 15 is 0 Å². The summed E-state index contributed by atoms with van der Waals surface area (Å²) >= 11 is 0. The normalized spacial score (nSPS) is 54.9. The number of methoxy groups -OCH3 is 1. The molecule has 24 heavy (non-hydrogen) atoms. The van der Waals surface area contributed by atoms with E-state index in [-0.39, 0.29) is 29.0 Å². The third kappa shape index (κ3) is 1.91. The third-order valence-corrected chi connectivity index (χ3v) is 8.94. The highest BCUT2D eigenvalue weighted by atomic mass is 16.6. The minimum atomic E-state index is -0.286. The summed E-state index contributed by atoms with van der Waals surface area (Å²) in [5.41, 5.74) is 0.466. The van der Waals surface area contributed by atoms with E-state index in [4.69, 9.17) is 9.47 Å². The molecule has 136 valence electrons. The number of carbonyl (C=O) groups excluding carboxylic acids is 1. The quantitative estimate of drug-likeness (QED) is 0.520. The van der Waals surface area contributed by atoms with Crippen LogP contribution in [0.2, 0.25) is 0 Å². The lowest BCUT2D eigenvalue weighted by molar-refractivity contribution is -0.184. The van der Waals surface area contributed by atoms with Gasteiger partial charge < -0.3 is 9.47 Å². The van der Waals surface area contributed by atoms with E-state index in [1.165, 1.54) is 32.8 Å². The third-order valence-electron chi connectivity index (χ3n) is 8.94. The number of ether oxygens (including phenoxy) is 2. The molecule has 0 spiro atoms. The van der Waals surface area contributed by atoms with Gasteiger partial charge in [0.1, 0.15) is 5.60 Å². The zero-order valence-electron chi connectivity index (χ0n) is 16.3. The molecule has 0 bridgehead atoms. The minimum Gasteiger partial charge on any atom is -0.469 e. The van der Waals surface area contributed by atoms with Crippen LogP contribution in [0.3, 0.4) is 0 Å². The summed E-state index contributed by atoms with van der Waals surface area (Å²) in [6, 6.07) is 0. The van der Waals surface area contributed by atoms with Crippen molar-refractivity contribution in [2.45, 2.75) is 84.8 Å². The molecule has 0 amide bonds. The summed E-state index contributed by atoms with van der Waals surface area (Å²) in [5.74, 6) is 1.16. The van der Waals surface area contributed by atoms with Crippen LogP contribution in [0.5, 0.6) is 0 Å². The zero-order chi connectivity index (χ0) is 17.5. The van der Waals surface area contributed by atoms with E-state index in [9.17, 15) is 4.79 Å². The molecule has 1 heterocycles. The first kappa shape index (κ1) is 16.9. The van der Waals surface area contributed by atoms with Gasteiger partial charge >= 0.3 is 5.97 Å². The molecule has 0 unspecified atom stereocenters. The Morgan fingerprint density at radius 3 is 2.38 bits per heavy atom. The van der Waals surface area contributed by atoms with E-state index in [1.807, 2.05) is 0 Å². The van der Waals surface area contributed by atoms with Crippen LogP contribution in [-0.4, -0.2) is 24.8 Å². The van der Waals surface area contributed by atoms with Crippen LogP contribution in [0.1, 0.15) is 73.1 Å². The topological polar surface area (TPSA) is 38.8 Å². The van der Waals surface area contributed by atoms with Gasteiger partial charge in [-0.3, -0.25) is 4.79 Å². The largest absolute Gasteiger partial charge is 0.469 e. The highest BCUT2D eigenvalue weighted by molar-refractivity contribution is 5.76. The number of rotatable bonds is 1. The van der Waals surface area contributed by atoms with Gasteiger partial charge in [-0.2, -0.15) is 0 Å².